The molecule has 1 aromatic heterocycles. The van der Waals surface area contributed by atoms with Crippen LogP contribution in [0.3, 0.4) is 0 Å². The van der Waals surface area contributed by atoms with Crippen LogP contribution < -0.4 is 0 Å². The van der Waals surface area contributed by atoms with Crippen molar-refractivity contribution in [3.63, 3.8) is 0 Å². The quantitative estimate of drug-likeness (QED) is 0.612. The number of fused-ring (bicyclic) bond motifs is 1. The van der Waals surface area contributed by atoms with Gasteiger partial charge in [0, 0.05) is 12.1 Å². The summed E-state index contributed by atoms with van der Waals surface area (Å²) in [6, 6.07) is 2.28. The molecule has 0 N–H and O–H groups in total. The number of aromatic nitrogens is 1. The van der Waals surface area contributed by atoms with Gasteiger partial charge in [0.05, 0.1) is 14.6 Å². The van der Waals surface area contributed by atoms with E-state index in [1.54, 1.807) is 0 Å². The fourth-order valence-corrected chi connectivity index (χ4v) is 2.39. The molecule has 0 aliphatic heterocycles. The fourth-order valence-electron chi connectivity index (χ4n) is 1.19. The summed E-state index contributed by atoms with van der Waals surface area (Å²) in [5, 5.41) is 10.1. The molecule has 0 aliphatic rings. The lowest BCUT2D eigenvalue weighted by molar-refractivity contribution is -0.384. The molecule has 8 heteroatoms. The molecule has 1 aromatic carbocycles. The Bertz CT molecular complexity index is 572. The molecular formula is C8H3ClF2N2O2S. The summed E-state index contributed by atoms with van der Waals surface area (Å²) in [7, 11) is 0. The third kappa shape index (κ3) is 1.83. The van der Waals surface area contributed by atoms with Crippen LogP contribution in [0.4, 0.5) is 14.5 Å². The zero-order chi connectivity index (χ0) is 11.9. The maximum Gasteiger partial charge on any atom is 0.289 e. The Balaban J connectivity index is 2.68. The van der Waals surface area contributed by atoms with Crippen molar-refractivity contribution in [1.82, 2.24) is 4.98 Å². The standard InChI is InChI=1S/C8H3ClF2N2O2S/c9-4-1-3(13(14)15)2-5-6(4)12-8(16-5)7(10)11/h1-2,7H. The number of nitro groups is 1. The first-order valence-electron chi connectivity index (χ1n) is 4.01. The molecule has 0 aliphatic carbocycles. The van der Waals surface area contributed by atoms with Gasteiger partial charge in [0.1, 0.15) is 5.52 Å². The minimum absolute atomic E-state index is 0.00681. The zero-order valence-corrected chi connectivity index (χ0v) is 9.06. The Labute approximate surface area is 96.6 Å². The Kier molecular flexibility index (Phi) is 2.73. The summed E-state index contributed by atoms with van der Waals surface area (Å²) in [4.78, 5) is 13.5. The lowest BCUT2D eigenvalue weighted by atomic mass is 10.3. The third-order valence-corrected chi connectivity index (χ3v) is 3.15. The van der Waals surface area contributed by atoms with Gasteiger partial charge in [-0.05, 0) is 0 Å². The van der Waals surface area contributed by atoms with E-state index in [9.17, 15) is 18.9 Å². The van der Waals surface area contributed by atoms with E-state index in [4.69, 9.17) is 11.6 Å². The Morgan fingerprint density at radius 2 is 2.19 bits per heavy atom. The molecule has 84 valence electrons. The number of thiazole rings is 1. The highest BCUT2D eigenvalue weighted by Crippen LogP contribution is 2.35. The zero-order valence-electron chi connectivity index (χ0n) is 7.49. The van der Waals surface area contributed by atoms with Gasteiger partial charge in [0.2, 0.25) is 0 Å². The maximum atomic E-state index is 12.4. The first kappa shape index (κ1) is 11.2. The summed E-state index contributed by atoms with van der Waals surface area (Å²) in [5.74, 6) is 0. The summed E-state index contributed by atoms with van der Waals surface area (Å²) >= 11 is 6.42. The van der Waals surface area contributed by atoms with E-state index in [1.807, 2.05) is 0 Å². The van der Waals surface area contributed by atoms with Gasteiger partial charge in [0.15, 0.2) is 5.01 Å². The average Bonchev–Trinajstić information content (AvgIpc) is 2.61. The molecule has 0 fully saturated rings. The second-order valence-corrected chi connectivity index (χ2v) is 4.35. The molecule has 0 saturated carbocycles. The number of nitro benzene ring substituents is 1. The molecular weight excluding hydrogens is 262 g/mol. The van der Waals surface area contributed by atoms with Gasteiger partial charge in [-0.1, -0.05) is 11.6 Å². The summed E-state index contributed by atoms with van der Waals surface area (Å²) in [5.41, 5.74) is -0.0606. The van der Waals surface area contributed by atoms with Gasteiger partial charge in [-0.25, -0.2) is 13.8 Å². The molecule has 16 heavy (non-hydrogen) atoms. The molecule has 0 unspecified atom stereocenters. The van der Waals surface area contributed by atoms with Crippen LogP contribution in [0, 0.1) is 10.1 Å². The molecule has 0 atom stereocenters. The fraction of sp³-hybridized carbons (Fsp3) is 0.125. The first-order chi connectivity index (χ1) is 7.49. The molecule has 2 aromatic rings. The van der Waals surface area contributed by atoms with E-state index in [0.717, 1.165) is 6.07 Å². The Hall–Kier alpha value is -1.34. The molecule has 0 amide bonds. The molecule has 1 heterocycles. The van der Waals surface area contributed by atoms with Crippen molar-refractivity contribution in [3.8, 4) is 0 Å². The van der Waals surface area contributed by atoms with Crippen LogP contribution in [0.2, 0.25) is 5.02 Å². The summed E-state index contributed by atoms with van der Waals surface area (Å²) in [6.07, 6.45) is -2.70. The van der Waals surface area contributed by atoms with Gasteiger partial charge < -0.3 is 0 Å². The van der Waals surface area contributed by atoms with Crippen molar-refractivity contribution in [2.45, 2.75) is 6.43 Å². The minimum atomic E-state index is -2.70. The van der Waals surface area contributed by atoms with E-state index in [0.29, 0.717) is 11.3 Å². The van der Waals surface area contributed by atoms with Crippen LogP contribution in [-0.2, 0) is 0 Å². The van der Waals surface area contributed by atoms with Crippen molar-refractivity contribution in [2.75, 3.05) is 0 Å². The van der Waals surface area contributed by atoms with Gasteiger partial charge >= 0.3 is 0 Å². The number of halogens is 3. The topological polar surface area (TPSA) is 56.0 Å². The molecule has 4 nitrogen and oxygen atoms in total. The number of rotatable bonds is 2. The van der Waals surface area contributed by atoms with Crippen molar-refractivity contribution in [3.05, 3.63) is 32.3 Å². The van der Waals surface area contributed by atoms with Gasteiger partial charge in [-0.15, -0.1) is 11.3 Å². The first-order valence-corrected chi connectivity index (χ1v) is 5.21. The Morgan fingerprint density at radius 1 is 1.50 bits per heavy atom. The van der Waals surface area contributed by atoms with Crippen LogP contribution in [0.5, 0.6) is 0 Å². The molecule has 0 saturated heterocycles. The lowest BCUT2D eigenvalue weighted by Crippen LogP contribution is -1.87. The van der Waals surface area contributed by atoms with Crippen LogP contribution in [0.1, 0.15) is 11.4 Å². The monoisotopic (exact) mass is 264 g/mol. The number of nitrogens with zero attached hydrogens (tertiary/aromatic N) is 2. The summed E-state index contributed by atoms with van der Waals surface area (Å²) in [6.45, 7) is 0. The molecule has 2 rings (SSSR count). The Morgan fingerprint density at radius 3 is 2.75 bits per heavy atom. The maximum absolute atomic E-state index is 12.4. The molecule has 0 radical (unpaired) electrons. The van der Waals surface area contributed by atoms with Crippen LogP contribution in [-0.4, -0.2) is 9.91 Å². The van der Waals surface area contributed by atoms with E-state index < -0.39 is 16.4 Å². The highest BCUT2D eigenvalue weighted by molar-refractivity contribution is 7.18. The number of benzene rings is 1. The van der Waals surface area contributed by atoms with E-state index in [2.05, 4.69) is 4.98 Å². The minimum Gasteiger partial charge on any atom is -0.258 e. The van der Waals surface area contributed by atoms with Crippen molar-refractivity contribution in [2.24, 2.45) is 0 Å². The van der Waals surface area contributed by atoms with Crippen LogP contribution >= 0.6 is 22.9 Å². The van der Waals surface area contributed by atoms with Crippen LogP contribution in [0.15, 0.2) is 12.1 Å². The SMILES string of the molecule is O=[N+]([O-])c1cc(Cl)c2nc(C(F)F)sc2c1. The van der Waals surface area contributed by atoms with Gasteiger partial charge in [-0.3, -0.25) is 10.1 Å². The highest BCUT2D eigenvalue weighted by Gasteiger charge is 2.18. The summed E-state index contributed by atoms with van der Waals surface area (Å²) < 4.78 is 25.0. The van der Waals surface area contributed by atoms with Gasteiger partial charge in [0.25, 0.3) is 12.1 Å². The number of hydrogen-bond donors (Lipinski definition) is 0. The lowest BCUT2D eigenvalue weighted by Gasteiger charge is -1.93. The number of alkyl halides is 2. The predicted molar refractivity (Wildman–Crippen MR) is 56.2 cm³/mol. The average molecular weight is 265 g/mol. The van der Waals surface area contributed by atoms with Crippen LogP contribution in [0.25, 0.3) is 10.2 Å². The second-order valence-electron chi connectivity index (χ2n) is 2.88. The number of non-ortho nitro benzene ring substituents is 1. The molecule has 0 bridgehead atoms. The second kappa shape index (κ2) is 3.91. The third-order valence-electron chi connectivity index (χ3n) is 1.85. The molecule has 0 spiro atoms. The van der Waals surface area contributed by atoms with E-state index in [-0.39, 0.29) is 20.9 Å². The largest absolute Gasteiger partial charge is 0.289 e. The predicted octanol–water partition coefficient (Wildman–Crippen LogP) is 3.80. The highest BCUT2D eigenvalue weighted by atomic mass is 35.5. The van der Waals surface area contributed by atoms with Crippen molar-refractivity contribution >= 4 is 38.8 Å². The van der Waals surface area contributed by atoms with Crippen molar-refractivity contribution in [1.29, 1.82) is 0 Å². The number of hydrogen-bond acceptors (Lipinski definition) is 4. The van der Waals surface area contributed by atoms with E-state index >= 15 is 0 Å². The normalized spacial score (nSPS) is 11.2. The van der Waals surface area contributed by atoms with Crippen molar-refractivity contribution < 1.29 is 13.7 Å². The smallest absolute Gasteiger partial charge is 0.258 e. The van der Waals surface area contributed by atoms with E-state index in [1.165, 1.54) is 6.07 Å². The van der Waals surface area contributed by atoms with Gasteiger partial charge in [-0.2, -0.15) is 0 Å².